The van der Waals surface area contributed by atoms with E-state index in [4.69, 9.17) is 0 Å². The van der Waals surface area contributed by atoms with Crippen LogP contribution in [0.3, 0.4) is 0 Å². The first kappa shape index (κ1) is 10.8. The lowest BCUT2D eigenvalue weighted by atomic mass is 10.4. The first-order valence-corrected chi connectivity index (χ1v) is 6.58. The Hall–Kier alpha value is -0.320. The van der Waals surface area contributed by atoms with Gasteiger partial charge in [0.2, 0.25) is 0 Å². The Morgan fingerprint density at radius 2 is 2.08 bits per heavy atom. The van der Waals surface area contributed by atoms with Crippen LogP contribution in [-0.2, 0) is 11.0 Å². The van der Waals surface area contributed by atoms with Crippen molar-refractivity contribution >= 4 is 22.7 Å². The lowest BCUT2D eigenvalue weighted by molar-refractivity contribution is 0.678. The standard InChI is InChI=1S/C9H13NOS2/c1-13(11)10-7-8-12-9-5-3-2-4-6-9/h2-6,10H,7-8H2,1H3. The third-order valence-corrected chi connectivity index (χ3v) is 3.04. The molecule has 0 aliphatic carbocycles. The zero-order valence-electron chi connectivity index (χ0n) is 7.53. The van der Waals surface area contributed by atoms with Crippen LogP contribution >= 0.6 is 11.8 Å². The van der Waals surface area contributed by atoms with Gasteiger partial charge in [-0.15, -0.1) is 11.8 Å². The fourth-order valence-electron chi connectivity index (χ4n) is 0.871. The van der Waals surface area contributed by atoms with Crippen molar-refractivity contribution in [2.45, 2.75) is 4.90 Å². The molecule has 0 aromatic heterocycles. The summed E-state index contributed by atoms with van der Waals surface area (Å²) in [5.41, 5.74) is 0. The average molecular weight is 215 g/mol. The normalized spacial score (nSPS) is 12.7. The second-order valence-corrected chi connectivity index (χ2v) is 4.88. The fourth-order valence-corrected chi connectivity index (χ4v) is 2.18. The van der Waals surface area contributed by atoms with Gasteiger partial charge in [0.25, 0.3) is 0 Å². The Labute approximate surface area is 85.7 Å². The van der Waals surface area contributed by atoms with E-state index in [1.165, 1.54) is 4.90 Å². The molecule has 1 N–H and O–H groups in total. The van der Waals surface area contributed by atoms with E-state index in [0.29, 0.717) is 0 Å². The molecule has 0 saturated heterocycles. The van der Waals surface area contributed by atoms with Crippen LogP contribution in [0, 0.1) is 0 Å². The van der Waals surface area contributed by atoms with E-state index in [2.05, 4.69) is 16.9 Å². The van der Waals surface area contributed by atoms with Gasteiger partial charge in [0.15, 0.2) is 0 Å². The highest BCUT2D eigenvalue weighted by molar-refractivity contribution is 7.99. The molecule has 13 heavy (non-hydrogen) atoms. The van der Waals surface area contributed by atoms with Gasteiger partial charge in [0.05, 0.1) is 11.0 Å². The van der Waals surface area contributed by atoms with Gasteiger partial charge < -0.3 is 0 Å². The highest BCUT2D eigenvalue weighted by Gasteiger charge is 1.92. The largest absolute Gasteiger partial charge is 0.243 e. The van der Waals surface area contributed by atoms with Crippen molar-refractivity contribution in [3.63, 3.8) is 0 Å². The lowest BCUT2D eigenvalue weighted by Gasteiger charge is -2.00. The highest BCUT2D eigenvalue weighted by atomic mass is 32.2. The number of rotatable bonds is 5. The molecule has 0 saturated carbocycles. The molecule has 0 amide bonds. The molecule has 0 radical (unpaired) electrons. The van der Waals surface area contributed by atoms with Gasteiger partial charge in [-0.2, -0.15) is 0 Å². The number of hydrogen-bond donors (Lipinski definition) is 1. The summed E-state index contributed by atoms with van der Waals surface area (Å²) in [6, 6.07) is 10.2. The molecule has 0 aliphatic rings. The second-order valence-electron chi connectivity index (χ2n) is 2.51. The van der Waals surface area contributed by atoms with Crippen molar-refractivity contribution in [1.29, 1.82) is 0 Å². The lowest BCUT2D eigenvalue weighted by Crippen LogP contribution is -2.18. The van der Waals surface area contributed by atoms with Crippen molar-refractivity contribution < 1.29 is 4.21 Å². The molecule has 1 aromatic rings. The monoisotopic (exact) mass is 215 g/mol. The minimum Gasteiger partial charge on any atom is -0.243 e. The number of hydrogen-bond acceptors (Lipinski definition) is 2. The summed E-state index contributed by atoms with van der Waals surface area (Å²) in [6.07, 6.45) is 1.65. The van der Waals surface area contributed by atoms with Crippen LogP contribution in [0.1, 0.15) is 0 Å². The highest BCUT2D eigenvalue weighted by Crippen LogP contribution is 2.15. The predicted molar refractivity (Wildman–Crippen MR) is 59.2 cm³/mol. The molecule has 1 aromatic carbocycles. The summed E-state index contributed by atoms with van der Waals surface area (Å²) in [6.45, 7) is 0.780. The molecule has 1 unspecified atom stereocenters. The van der Waals surface area contributed by atoms with Crippen LogP contribution in [0.2, 0.25) is 0 Å². The van der Waals surface area contributed by atoms with E-state index in [1.807, 2.05) is 18.2 Å². The summed E-state index contributed by atoms with van der Waals surface area (Å²) in [5, 5.41) is 0. The first-order valence-electron chi connectivity index (χ1n) is 4.04. The molecular formula is C9H13NOS2. The minimum atomic E-state index is -0.887. The van der Waals surface area contributed by atoms with E-state index in [1.54, 1.807) is 18.0 Å². The Morgan fingerprint density at radius 3 is 2.69 bits per heavy atom. The summed E-state index contributed by atoms with van der Waals surface area (Å²) < 4.78 is 13.5. The molecule has 0 aliphatic heterocycles. The van der Waals surface area contributed by atoms with Crippen LogP contribution in [0.4, 0.5) is 0 Å². The van der Waals surface area contributed by atoms with Gasteiger partial charge in [-0.25, -0.2) is 8.93 Å². The summed E-state index contributed by atoms with van der Waals surface area (Å²) >= 11 is 1.77. The molecule has 0 fully saturated rings. The van der Waals surface area contributed by atoms with E-state index in [9.17, 15) is 4.21 Å². The summed E-state index contributed by atoms with van der Waals surface area (Å²) in [7, 11) is -0.887. The summed E-state index contributed by atoms with van der Waals surface area (Å²) in [5.74, 6) is 0.948. The number of thioether (sulfide) groups is 1. The maximum Gasteiger partial charge on any atom is 0.0883 e. The molecular weight excluding hydrogens is 202 g/mol. The van der Waals surface area contributed by atoms with E-state index >= 15 is 0 Å². The van der Waals surface area contributed by atoms with Gasteiger partial charge in [0, 0.05) is 23.4 Å². The van der Waals surface area contributed by atoms with Crippen LogP contribution in [-0.4, -0.2) is 22.8 Å². The van der Waals surface area contributed by atoms with Gasteiger partial charge >= 0.3 is 0 Å². The van der Waals surface area contributed by atoms with Crippen molar-refractivity contribution in [3.8, 4) is 0 Å². The second kappa shape index (κ2) is 6.18. The van der Waals surface area contributed by atoms with Crippen LogP contribution in [0.5, 0.6) is 0 Å². The van der Waals surface area contributed by atoms with Crippen molar-refractivity contribution in [2.24, 2.45) is 0 Å². The molecule has 4 heteroatoms. The van der Waals surface area contributed by atoms with Gasteiger partial charge in [-0.1, -0.05) is 18.2 Å². The smallest absolute Gasteiger partial charge is 0.0883 e. The SMILES string of the molecule is CS(=O)NCCSc1ccccc1. The predicted octanol–water partition coefficient (Wildman–Crippen LogP) is 1.66. The van der Waals surface area contributed by atoms with Gasteiger partial charge in [0.1, 0.15) is 0 Å². The van der Waals surface area contributed by atoms with Crippen molar-refractivity contribution in [2.75, 3.05) is 18.6 Å². The molecule has 72 valence electrons. The zero-order valence-corrected chi connectivity index (χ0v) is 9.16. The van der Waals surface area contributed by atoms with Gasteiger partial charge in [-0.05, 0) is 12.1 Å². The van der Waals surface area contributed by atoms with Crippen LogP contribution in [0.25, 0.3) is 0 Å². The Balaban J connectivity index is 2.17. The molecule has 0 bridgehead atoms. The number of benzene rings is 1. The molecule has 2 nitrogen and oxygen atoms in total. The topological polar surface area (TPSA) is 29.1 Å². The van der Waals surface area contributed by atoms with Crippen LogP contribution in [0.15, 0.2) is 35.2 Å². The minimum absolute atomic E-state index is 0.780. The quantitative estimate of drug-likeness (QED) is 0.598. The van der Waals surface area contributed by atoms with Gasteiger partial charge in [-0.3, -0.25) is 0 Å². The first-order chi connectivity index (χ1) is 6.29. The molecule has 0 heterocycles. The van der Waals surface area contributed by atoms with E-state index < -0.39 is 11.0 Å². The van der Waals surface area contributed by atoms with Crippen molar-refractivity contribution in [3.05, 3.63) is 30.3 Å². The average Bonchev–Trinajstić information content (AvgIpc) is 2.14. The third kappa shape index (κ3) is 5.08. The number of nitrogens with one attached hydrogen (secondary N) is 1. The Bertz CT molecular complexity index is 264. The molecule has 1 rings (SSSR count). The molecule has 0 spiro atoms. The summed E-state index contributed by atoms with van der Waals surface area (Å²) in [4.78, 5) is 1.26. The Morgan fingerprint density at radius 1 is 1.38 bits per heavy atom. The van der Waals surface area contributed by atoms with E-state index in [0.717, 1.165) is 12.3 Å². The van der Waals surface area contributed by atoms with Crippen molar-refractivity contribution in [1.82, 2.24) is 4.72 Å². The Kier molecular flexibility index (Phi) is 5.12. The van der Waals surface area contributed by atoms with E-state index in [-0.39, 0.29) is 0 Å². The third-order valence-electron chi connectivity index (χ3n) is 1.42. The maximum atomic E-state index is 10.6. The fraction of sp³-hybridized carbons (Fsp3) is 0.333. The zero-order chi connectivity index (χ0) is 9.52. The van der Waals surface area contributed by atoms with Crippen LogP contribution < -0.4 is 4.72 Å². The maximum absolute atomic E-state index is 10.6. The molecule has 1 atom stereocenters.